The van der Waals surface area contributed by atoms with Crippen LogP contribution >= 0.6 is 0 Å². The number of hydrogen-bond donors (Lipinski definition) is 1. The van der Waals surface area contributed by atoms with Gasteiger partial charge in [-0.25, -0.2) is 0 Å². The summed E-state index contributed by atoms with van der Waals surface area (Å²) < 4.78 is 42.3. The van der Waals surface area contributed by atoms with Gasteiger partial charge in [0, 0.05) is 17.6 Å². The van der Waals surface area contributed by atoms with Crippen molar-refractivity contribution in [2.24, 2.45) is 0 Å². The first-order valence-corrected chi connectivity index (χ1v) is 6.55. The van der Waals surface area contributed by atoms with E-state index >= 15 is 0 Å². The molecule has 0 unspecified atom stereocenters. The van der Waals surface area contributed by atoms with E-state index in [0.29, 0.717) is 12.3 Å². The van der Waals surface area contributed by atoms with Gasteiger partial charge in [0.2, 0.25) is 0 Å². The largest absolute Gasteiger partial charge is 0.465 e. The Morgan fingerprint density at radius 3 is 2.35 bits per heavy atom. The van der Waals surface area contributed by atoms with Crippen LogP contribution in [-0.4, -0.2) is 30.2 Å². The van der Waals surface area contributed by atoms with Gasteiger partial charge in [0.15, 0.2) is 0 Å². The molecule has 0 saturated heterocycles. The second kappa shape index (κ2) is 6.18. The summed E-state index contributed by atoms with van der Waals surface area (Å²) in [4.78, 5) is 1.19. The summed E-state index contributed by atoms with van der Waals surface area (Å²) in [5.74, 6) is 1.30. The van der Waals surface area contributed by atoms with Gasteiger partial charge in [-0.05, 0) is 40.8 Å². The Bertz CT molecular complexity index is 433. The van der Waals surface area contributed by atoms with Crippen molar-refractivity contribution in [3.63, 3.8) is 0 Å². The van der Waals surface area contributed by atoms with Crippen LogP contribution in [0.3, 0.4) is 0 Å². The summed E-state index contributed by atoms with van der Waals surface area (Å²) in [6, 6.07) is 1.82. The molecule has 0 saturated carbocycles. The first kappa shape index (κ1) is 17.0. The highest BCUT2D eigenvalue weighted by atomic mass is 19.4. The third-order valence-electron chi connectivity index (χ3n) is 2.76. The number of aryl methyl sites for hydroxylation is 1. The van der Waals surface area contributed by atoms with E-state index in [0.717, 1.165) is 11.3 Å². The number of hydrogen-bond acceptors (Lipinski definition) is 3. The van der Waals surface area contributed by atoms with Crippen LogP contribution in [0.1, 0.15) is 37.9 Å². The van der Waals surface area contributed by atoms with Crippen molar-refractivity contribution in [3.05, 3.63) is 23.2 Å². The van der Waals surface area contributed by atoms with Crippen LogP contribution in [0, 0.1) is 6.92 Å². The van der Waals surface area contributed by atoms with Crippen LogP contribution < -0.4 is 5.32 Å². The predicted octanol–water partition coefficient (Wildman–Crippen LogP) is 3.47. The average molecular weight is 292 g/mol. The zero-order valence-electron chi connectivity index (χ0n) is 12.7. The minimum atomic E-state index is -4.19. The van der Waals surface area contributed by atoms with E-state index in [1.165, 1.54) is 11.9 Å². The summed E-state index contributed by atoms with van der Waals surface area (Å²) in [5, 5.41) is 3.33. The van der Waals surface area contributed by atoms with Crippen molar-refractivity contribution in [2.75, 3.05) is 13.6 Å². The first-order chi connectivity index (χ1) is 8.96. The molecule has 1 N–H and O–H groups in total. The van der Waals surface area contributed by atoms with E-state index in [2.05, 4.69) is 26.1 Å². The Labute approximate surface area is 118 Å². The molecule has 1 heterocycles. The second-order valence-electron chi connectivity index (χ2n) is 6.19. The lowest BCUT2D eigenvalue weighted by Gasteiger charge is -2.20. The Morgan fingerprint density at radius 1 is 1.25 bits per heavy atom. The lowest BCUT2D eigenvalue weighted by molar-refractivity contribution is -0.144. The fourth-order valence-electron chi connectivity index (χ4n) is 1.83. The van der Waals surface area contributed by atoms with Gasteiger partial charge >= 0.3 is 6.18 Å². The molecule has 0 aliphatic carbocycles. The lowest BCUT2D eigenvalue weighted by atomic mass is 10.1. The van der Waals surface area contributed by atoms with Crippen molar-refractivity contribution in [3.8, 4) is 0 Å². The fraction of sp³-hybridized carbons (Fsp3) is 0.714. The quantitative estimate of drug-likeness (QED) is 0.900. The number of nitrogens with one attached hydrogen (secondary N) is 1. The molecule has 1 aromatic rings. The molecule has 3 nitrogen and oxygen atoms in total. The molecular weight excluding hydrogens is 269 g/mol. The van der Waals surface area contributed by atoms with Gasteiger partial charge in [0.25, 0.3) is 0 Å². The topological polar surface area (TPSA) is 28.4 Å². The highest BCUT2D eigenvalue weighted by Gasteiger charge is 2.29. The van der Waals surface area contributed by atoms with Crippen LogP contribution in [-0.2, 0) is 13.1 Å². The molecule has 0 fully saturated rings. The third-order valence-corrected chi connectivity index (χ3v) is 2.76. The molecule has 20 heavy (non-hydrogen) atoms. The summed E-state index contributed by atoms with van der Waals surface area (Å²) in [5.41, 5.74) is 0.965. The van der Waals surface area contributed by atoms with E-state index in [1.54, 1.807) is 0 Å². The molecule has 0 atom stereocenters. The van der Waals surface area contributed by atoms with Gasteiger partial charge in [-0.3, -0.25) is 4.90 Å². The third kappa shape index (κ3) is 6.43. The number of rotatable bonds is 5. The molecule has 0 spiro atoms. The van der Waals surface area contributed by atoms with Gasteiger partial charge in [-0.2, -0.15) is 13.2 Å². The van der Waals surface area contributed by atoms with Gasteiger partial charge in [-0.15, -0.1) is 0 Å². The highest BCUT2D eigenvalue weighted by molar-refractivity contribution is 5.21. The zero-order chi connectivity index (χ0) is 15.6. The van der Waals surface area contributed by atoms with Crippen LogP contribution in [0.2, 0.25) is 0 Å². The number of furan rings is 1. The van der Waals surface area contributed by atoms with Crippen molar-refractivity contribution >= 4 is 0 Å². The number of halogens is 3. The first-order valence-electron chi connectivity index (χ1n) is 6.55. The maximum absolute atomic E-state index is 12.3. The monoisotopic (exact) mass is 292 g/mol. The molecule has 0 radical (unpaired) electrons. The predicted molar refractivity (Wildman–Crippen MR) is 72.4 cm³/mol. The molecule has 0 bridgehead atoms. The highest BCUT2D eigenvalue weighted by Crippen LogP contribution is 2.20. The van der Waals surface area contributed by atoms with Crippen molar-refractivity contribution in [1.29, 1.82) is 0 Å². The Hall–Kier alpha value is -1.01. The van der Waals surface area contributed by atoms with E-state index in [9.17, 15) is 13.2 Å². The van der Waals surface area contributed by atoms with Gasteiger partial charge in [0.1, 0.15) is 11.5 Å². The summed E-state index contributed by atoms with van der Waals surface area (Å²) in [6.07, 6.45) is -4.19. The molecule has 0 aliphatic heterocycles. The Balaban J connectivity index is 2.61. The summed E-state index contributed by atoms with van der Waals surface area (Å²) in [6.45, 7) is 7.84. The maximum Gasteiger partial charge on any atom is 0.401 e. The molecule has 6 heteroatoms. The minimum Gasteiger partial charge on any atom is -0.465 e. The second-order valence-corrected chi connectivity index (χ2v) is 6.19. The smallest absolute Gasteiger partial charge is 0.401 e. The van der Waals surface area contributed by atoms with Gasteiger partial charge < -0.3 is 9.73 Å². The molecule has 116 valence electrons. The zero-order valence-corrected chi connectivity index (χ0v) is 12.7. The average Bonchev–Trinajstić information content (AvgIpc) is 2.51. The molecular formula is C14H23F3N2O. The molecule has 0 aromatic carbocycles. The normalized spacial score (nSPS) is 13.2. The van der Waals surface area contributed by atoms with E-state index in [-0.39, 0.29) is 12.1 Å². The van der Waals surface area contributed by atoms with Crippen LogP contribution in [0.4, 0.5) is 13.2 Å². The number of nitrogens with zero attached hydrogens (tertiary/aromatic N) is 1. The molecule has 0 amide bonds. The van der Waals surface area contributed by atoms with E-state index in [1.807, 2.05) is 13.0 Å². The molecule has 0 aliphatic rings. The van der Waals surface area contributed by atoms with Crippen molar-refractivity contribution < 1.29 is 17.6 Å². The van der Waals surface area contributed by atoms with Gasteiger partial charge in [0.05, 0.1) is 13.1 Å². The summed E-state index contributed by atoms with van der Waals surface area (Å²) in [7, 11) is 1.43. The SMILES string of the molecule is Cc1oc(CN(C)CC(F)(F)F)cc1CNC(C)(C)C. The molecule has 1 rings (SSSR count). The fourth-order valence-corrected chi connectivity index (χ4v) is 1.83. The van der Waals surface area contributed by atoms with Gasteiger partial charge in [-0.1, -0.05) is 0 Å². The van der Waals surface area contributed by atoms with E-state index in [4.69, 9.17) is 4.42 Å². The van der Waals surface area contributed by atoms with Crippen molar-refractivity contribution in [1.82, 2.24) is 10.2 Å². The Morgan fingerprint density at radius 2 is 1.85 bits per heavy atom. The van der Waals surface area contributed by atoms with Crippen molar-refractivity contribution in [2.45, 2.75) is 52.5 Å². The number of alkyl halides is 3. The van der Waals surface area contributed by atoms with Crippen LogP contribution in [0.25, 0.3) is 0 Å². The lowest BCUT2D eigenvalue weighted by Crippen LogP contribution is -2.35. The standard InChI is InChI=1S/C14H23F3N2O/c1-10-11(7-18-13(2,3)4)6-12(20-10)8-19(5)9-14(15,16)17/h6,18H,7-9H2,1-5H3. The Kier molecular flexibility index (Phi) is 5.27. The van der Waals surface area contributed by atoms with Crippen LogP contribution in [0.15, 0.2) is 10.5 Å². The van der Waals surface area contributed by atoms with Crippen LogP contribution in [0.5, 0.6) is 0 Å². The minimum absolute atomic E-state index is 0.0169. The van der Waals surface area contributed by atoms with E-state index < -0.39 is 12.7 Å². The summed E-state index contributed by atoms with van der Waals surface area (Å²) >= 11 is 0. The maximum atomic E-state index is 12.3. The molecule has 1 aromatic heterocycles.